The Kier molecular flexibility index (Phi) is 8.08. The number of fused-ring (bicyclic) bond motifs is 1. The van der Waals surface area contributed by atoms with Crippen molar-refractivity contribution in [3.63, 3.8) is 0 Å². The Hall–Kier alpha value is -4.03. The molecule has 1 amide bonds. The van der Waals surface area contributed by atoms with E-state index in [2.05, 4.69) is 6.58 Å². The highest BCUT2D eigenvalue weighted by Gasteiger charge is 2.30. The molecular weight excluding hydrogens is 448 g/mol. The molecule has 0 aliphatic heterocycles. The molecule has 2 aromatic carbocycles. The molecule has 1 unspecified atom stereocenters. The van der Waals surface area contributed by atoms with Gasteiger partial charge in [-0.2, -0.15) is 0 Å². The van der Waals surface area contributed by atoms with Crippen molar-refractivity contribution in [2.24, 2.45) is 5.73 Å². The molecule has 2 heterocycles. The zero-order chi connectivity index (χ0) is 25.5. The molecule has 0 radical (unpaired) electrons. The molecule has 2 N–H and O–H groups in total. The van der Waals surface area contributed by atoms with Crippen LogP contribution >= 0.6 is 0 Å². The van der Waals surface area contributed by atoms with E-state index >= 15 is 0 Å². The predicted molar refractivity (Wildman–Crippen MR) is 144 cm³/mol. The molecule has 36 heavy (non-hydrogen) atoms. The van der Waals surface area contributed by atoms with Crippen LogP contribution in [0.4, 0.5) is 0 Å². The average molecular weight is 481 g/mol. The van der Waals surface area contributed by atoms with Crippen LogP contribution in [0.2, 0.25) is 0 Å². The molecular formula is C30H32N4O2. The van der Waals surface area contributed by atoms with E-state index in [1.54, 1.807) is 21.6 Å². The minimum absolute atomic E-state index is 0.115. The number of rotatable bonds is 10. The van der Waals surface area contributed by atoms with Crippen molar-refractivity contribution in [1.82, 2.24) is 14.3 Å². The number of nitrogens with zero attached hydrogens (tertiary/aromatic N) is 3. The molecule has 0 aliphatic carbocycles. The van der Waals surface area contributed by atoms with Crippen LogP contribution in [0.25, 0.3) is 5.65 Å². The second-order valence-electron chi connectivity index (χ2n) is 8.92. The monoisotopic (exact) mass is 480 g/mol. The Morgan fingerprint density at radius 3 is 2.50 bits per heavy atom. The molecule has 0 bridgehead atoms. The Morgan fingerprint density at radius 2 is 1.81 bits per heavy atom. The van der Waals surface area contributed by atoms with Crippen LogP contribution in [0.5, 0.6) is 0 Å². The number of carbonyl (C=O) groups is 1. The van der Waals surface area contributed by atoms with Crippen LogP contribution in [0.3, 0.4) is 0 Å². The Labute approximate surface area is 211 Å². The van der Waals surface area contributed by atoms with E-state index in [4.69, 9.17) is 10.7 Å². The van der Waals surface area contributed by atoms with Gasteiger partial charge in [-0.1, -0.05) is 60.2 Å². The third kappa shape index (κ3) is 5.44. The normalized spacial score (nSPS) is 11.8. The number of hydrogen-bond acceptors (Lipinski definition) is 4. The summed E-state index contributed by atoms with van der Waals surface area (Å²) in [5.74, 6) is -0.115. The van der Waals surface area contributed by atoms with Gasteiger partial charge < -0.3 is 10.6 Å². The highest BCUT2D eigenvalue weighted by Crippen LogP contribution is 2.29. The number of pyridine rings is 1. The predicted octanol–water partition coefficient (Wildman–Crippen LogP) is 4.70. The van der Waals surface area contributed by atoms with Crippen LogP contribution in [0, 0.1) is 6.92 Å². The number of amides is 1. The van der Waals surface area contributed by atoms with Crippen LogP contribution in [0.15, 0.2) is 96.4 Å². The van der Waals surface area contributed by atoms with Crippen LogP contribution in [0.1, 0.15) is 51.6 Å². The summed E-state index contributed by atoms with van der Waals surface area (Å²) in [5, 5.41) is 0. The fourth-order valence-electron chi connectivity index (χ4n) is 4.45. The van der Waals surface area contributed by atoms with Crippen LogP contribution in [-0.4, -0.2) is 33.3 Å². The molecule has 1 atom stereocenters. The van der Waals surface area contributed by atoms with Crippen molar-refractivity contribution in [3.05, 3.63) is 130 Å². The number of aryl methyl sites for hydroxylation is 1. The summed E-state index contributed by atoms with van der Waals surface area (Å²) >= 11 is 0. The topological polar surface area (TPSA) is 80.7 Å². The van der Waals surface area contributed by atoms with Gasteiger partial charge in [0.2, 0.25) is 0 Å². The molecule has 4 rings (SSSR count). The van der Waals surface area contributed by atoms with E-state index < -0.39 is 6.04 Å². The molecule has 6 nitrogen and oxygen atoms in total. The van der Waals surface area contributed by atoms with Gasteiger partial charge in [-0.3, -0.25) is 14.0 Å². The minimum Gasteiger partial charge on any atom is -0.330 e. The van der Waals surface area contributed by atoms with Crippen LogP contribution < -0.4 is 11.3 Å². The van der Waals surface area contributed by atoms with Gasteiger partial charge in [0, 0.05) is 30.3 Å². The first-order valence-electron chi connectivity index (χ1n) is 12.3. The molecule has 0 aliphatic rings. The zero-order valence-electron chi connectivity index (χ0n) is 20.6. The third-order valence-corrected chi connectivity index (χ3v) is 6.33. The summed E-state index contributed by atoms with van der Waals surface area (Å²) in [5.41, 5.74) is 10.1. The largest absolute Gasteiger partial charge is 0.330 e. The number of carbonyl (C=O) groups excluding carboxylic acids is 1. The SMILES string of the molecule is C=CCC(c1nc2ccccn2c(=O)c1Cc1ccccc1)N(CCCN)C(=O)c1ccc(C)cc1. The Balaban J connectivity index is 1.89. The number of nitrogens with two attached hydrogens (primary N) is 1. The highest BCUT2D eigenvalue weighted by molar-refractivity contribution is 5.94. The molecule has 2 aromatic heterocycles. The molecule has 184 valence electrons. The van der Waals surface area contributed by atoms with E-state index in [-0.39, 0.29) is 11.5 Å². The molecule has 0 saturated carbocycles. The fraction of sp³-hybridized carbons (Fsp3) is 0.233. The van der Waals surface area contributed by atoms with Gasteiger partial charge >= 0.3 is 0 Å². The maximum absolute atomic E-state index is 13.8. The minimum atomic E-state index is -0.459. The van der Waals surface area contributed by atoms with Crippen molar-refractivity contribution >= 4 is 11.6 Å². The van der Waals surface area contributed by atoms with E-state index in [1.807, 2.05) is 79.7 Å². The van der Waals surface area contributed by atoms with Gasteiger partial charge in [0.05, 0.1) is 11.7 Å². The van der Waals surface area contributed by atoms with Gasteiger partial charge in [0.25, 0.3) is 11.5 Å². The lowest BCUT2D eigenvalue weighted by Gasteiger charge is -2.32. The second kappa shape index (κ2) is 11.6. The van der Waals surface area contributed by atoms with Gasteiger partial charge in [0.1, 0.15) is 5.65 Å². The van der Waals surface area contributed by atoms with Gasteiger partial charge in [-0.25, -0.2) is 4.98 Å². The number of benzene rings is 2. The summed E-state index contributed by atoms with van der Waals surface area (Å²) in [6.07, 6.45) is 5.01. The van der Waals surface area contributed by atoms with Gasteiger partial charge in [-0.05, 0) is 56.1 Å². The highest BCUT2D eigenvalue weighted by atomic mass is 16.2. The van der Waals surface area contributed by atoms with Gasteiger partial charge in [-0.15, -0.1) is 6.58 Å². The summed E-state index contributed by atoms with van der Waals surface area (Å²) in [6.45, 7) is 6.84. The summed E-state index contributed by atoms with van der Waals surface area (Å²) in [7, 11) is 0. The van der Waals surface area contributed by atoms with E-state index in [0.29, 0.717) is 54.8 Å². The Morgan fingerprint density at radius 1 is 1.08 bits per heavy atom. The molecule has 0 fully saturated rings. The lowest BCUT2D eigenvalue weighted by Crippen LogP contribution is -2.38. The number of hydrogen-bond donors (Lipinski definition) is 1. The van der Waals surface area contributed by atoms with Crippen molar-refractivity contribution < 1.29 is 4.79 Å². The van der Waals surface area contributed by atoms with Crippen LogP contribution in [-0.2, 0) is 6.42 Å². The third-order valence-electron chi connectivity index (χ3n) is 6.33. The van der Waals surface area contributed by atoms with Crippen molar-refractivity contribution in [2.45, 2.75) is 32.2 Å². The molecule has 0 spiro atoms. The summed E-state index contributed by atoms with van der Waals surface area (Å²) < 4.78 is 1.57. The zero-order valence-corrected chi connectivity index (χ0v) is 20.6. The average Bonchev–Trinajstić information content (AvgIpc) is 2.90. The van der Waals surface area contributed by atoms with E-state index in [1.165, 1.54) is 0 Å². The van der Waals surface area contributed by atoms with E-state index in [9.17, 15) is 9.59 Å². The molecule has 4 aromatic rings. The summed E-state index contributed by atoms with van der Waals surface area (Å²) in [4.78, 5) is 34.3. The molecule has 0 saturated heterocycles. The lowest BCUT2D eigenvalue weighted by atomic mass is 9.97. The van der Waals surface area contributed by atoms with Gasteiger partial charge in [0.15, 0.2) is 0 Å². The maximum Gasteiger partial charge on any atom is 0.261 e. The smallest absolute Gasteiger partial charge is 0.261 e. The van der Waals surface area contributed by atoms with Crippen molar-refractivity contribution in [1.29, 1.82) is 0 Å². The number of aromatic nitrogens is 2. The summed E-state index contributed by atoms with van der Waals surface area (Å²) in [6, 6.07) is 22.4. The Bertz CT molecular complexity index is 1390. The lowest BCUT2D eigenvalue weighted by molar-refractivity contribution is 0.0671. The first kappa shape index (κ1) is 25.1. The first-order chi connectivity index (χ1) is 17.5. The first-order valence-corrected chi connectivity index (χ1v) is 12.3. The molecule has 6 heteroatoms. The second-order valence-corrected chi connectivity index (χ2v) is 8.92. The standard InChI is InChI=1S/C30H32N4O2/c1-3-10-26(33(20-9-18-31)29(35)24-16-14-22(2)15-17-24)28-25(21-23-11-5-4-6-12-23)30(36)34-19-8-7-13-27(34)32-28/h3-8,11-17,19,26H,1,9-10,18,20-21,31H2,2H3. The quantitative estimate of drug-likeness (QED) is 0.334. The van der Waals surface area contributed by atoms with Crippen molar-refractivity contribution in [3.8, 4) is 0 Å². The fourth-order valence-corrected chi connectivity index (χ4v) is 4.45. The maximum atomic E-state index is 13.8. The van der Waals surface area contributed by atoms with Crippen molar-refractivity contribution in [2.75, 3.05) is 13.1 Å². The van der Waals surface area contributed by atoms with E-state index in [0.717, 1.165) is 11.1 Å².